The number of alkyl carbamates (subject to hydrolysis) is 1. The number of methoxy groups -OCH3 is 2. The van der Waals surface area contributed by atoms with Crippen LogP contribution in [0.4, 0.5) is 9.59 Å². The molecule has 4 atom stereocenters. The zero-order valence-corrected chi connectivity index (χ0v) is 34.3. The normalized spacial score (nSPS) is 15.5. The molecule has 0 aliphatic carbocycles. The van der Waals surface area contributed by atoms with Crippen molar-refractivity contribution in [3.8, 4) is 5.75 Å². The minimum absolute atomic E-state index is 0.124. The number of hydrogen-bond acceptors (Lipinski definition) is 10. The third-order valence-electron chi connectivity index (χ3n) is 9.76. The van der Waals surface area contributed by atoms with E-state index in [1.807, 2.05) is 84.0 Å². The van der Waals surface area contributed by atoms with Gasteiger partial charge in [-0.2, -0.15) is 0 Å². The van der Waals surface area contributed by atoms with Gasteiger partial charge in [-0.05, 0) is 52.6 Å². The van der Waals surface area contributed by atoms with Gasteiger partial charge in [0.05, 0.1) is 50.9 Å². The summed E-state index contributed by atoms with van der Waals surface area (Å²) in [5.74, 6) is -0.310. The first-order valence-corrected chi connectivity index (χ1v) is 19.1. The molecule has 1 aliphatic heterocycles. The van der Waals surface area contributed by atoms with Gasteiger partial charge in [0, 0.05) is 26.2 Å². The fourth-order valence-electron chi connectivity index (χ4n) is 6.83. The Morgan fingerprint density at radius 1 is 0.842 bits per heavy atom. The van der Waals surface area contributed by atoms with E-state index < -0.39 is 53.0 Å². The molecule has 1 fully saturated rings. The molecule has 2 heterocycles. The molecule has 310 valence electrons. The van der Waals surface area contributed by atoms with Gasteiger partial charge in [0.25, 0.3) is 5.91 Å². The number of rotatable bonds is 17. The standard InChI is InChI=1S/C42H59N7O8/c1-41(2,3)35(45-39(54)57-8)37(52)46-48(24-29-17-19-32(56-7)20-18-29)26-34(51)33(23-28-13-10-9-11-14-28)44-38(53)36(42(4,5)6)49-22-21-47(40(49)55)25-30-15-12-16-31(27-50)43-30/h9-20,33-36,50-51H,21-27H2,1-8H3,(H,44,53)(H,45,54)(H,46,52)/t33-,34-,35+,36+/m0/s1. The van der Waals surface area contributed by atoms with Crippen LogP contribution in [0.5, 0.6) is 5.75 Å². The average molecular weight is 790 g/mol. The van der Waals surface area contributed by atoms with Crippen LogP contribution in [0.1, 0.15) is 64.1 Å². The van der Waals surface area contributed by atoms with Crippen LogP contribution < -0.4 is 20.8 Å². The molecule has 5 amide bonds. The Labute approximate surface area is 335 Å². The van der Waals surface area contributed by atoms with Crippen molar-refractivity contribution in [3.63, 3.8) is 0 Å². The first-order chi connectivity index (χ1) is 26.9. The summed E-state index contributed by atoms with van der Waals surface area (Å²) in [4.78, 5) is 62.1. The van der Waals surface area contributed by atoms with E-state index in [0.717, 1.165) is 11.1 Å². The van der Waals surface area contributed by atoms with Crippen LogP contribution in [-0.4, -0.2) is 112 Å². The largest absolute Gasteiger partial charge is 0.497 e. The van der Waals surface area contributed by atoms with Crippen molar-refractivity contribution >= 4 is 23.9 Å². The van der Waals surface area contributed by atoms with E-state index >= 15 is 0 Å². The van der Waals surface area contributed by atoms with E-state index in [1.165, 1.54) is 7.11 Å². The van der Waals surface area contributed by atoms with E-state index in [0.29, 0.717) is 30.2 Å². The van der Waals surface area contributed by atoms with Crippen molar-refractivity contribution in [1.82, 2.24) is 35.9 Å². The highest BCUT2D eigenvalue weighted by atomic mass is 16.5. The maximum Gasteiger partial charge on any atom is 0.407 e. The number of carbonyl (C=O) groups excluding carboxylic acids is 4. The molecule has 0 unspecified atom stereocenters. The number of amides is 5. The van der Waals surface area contributed by atoms with Crippen LogP contribution in [0.25, 0.3) is 0 Å². The fraction of sp³-hybridized carbons (Fsp3) is 0.500. The van der Waals surface area contributed by atoms with Crippen molar-refractivity contribution in [1.29, 1.82) is 0 Å². The Morgan fingerprint density at radius 2 is 1.51 bits per heavy atom. The van der Waals surface area contributed by atoms with Crippen LogP contribution in [0.3, 0.4) is 0 Å². The highest BCUT2D eigenvalue weighted by Gasteiger charge is 2.44. The molecule has 0 spiro atoms. The Morgan fingerprint density at radius 3 is 2.11 bits per heavy atom. The quantitative estimate of drug-likeness (QED) is 0.127. The number of hydrogen-bond donors (Lipinski definition) is 5. The molecule has 2 aromatic carbocycles. The van der Waals surface area contributed by atoms with Gasteiger partial charge in [0.1, 0.15) is 17.8 Å². The van der Waals surface area contributed by atoms with Crippen molar-refractivity contribution < 1.29 is 38.9 Å². The average Bonchev–Trinajstić information content (AvgIpc) is 3.50. The summed E-state index contributed by atoms with van der Waals surface area (Å²) in [6.07, 6.45) is -1.75. The van der Waals surface area contributed by atoms with E-state index in [4.69, 9.17) is 9.47 Å². The minimum atomic E-state index is -1.23. The molecule has 0 saturated carbocycles. The van der Waals surface area contributed by atoms with Gasteiger partial charge >= 0.3 is 12.1 Å². The second-order valence-corrected chi connectivity index (χ2v) is 16.5. The predicted molar refractivity (Wildman–Crippen MR) is 214 cm³/mol. The molecule has 0 radical (unpaired) electrons. The molecule has 3 aromatic rings. The van der Waals surface area contributed by atoms with Gasteiger partial charge in [0.2, 0.25) is 5.91 Å². The third kappa shape index (κ3) is 12.6. The maximum atomic E-state index is 14.5. The van der Waals surface area contributed by atoms with Crippen molar-refractivity contribution in [2.24, 2.45) is 10.8 Å². The minimum Gasteiger partial charge on any atom is -0.497 e. The monoisotopic (exact) mass is 789 g/mol. The number of nitrogens with one attached hydrogen (secondary N) is 3. The molecule has 1 saturated heterocycles. The lowest BCUT2D eigenvalue weighted by atomic mass is 9.84. The molecular weight excluding hydrogens is 731 g/mol. The summed E-state index contributed by atoms with van der Waals surface area (Å²) in [5, 5.41) is 28.9. The van der Waals surface area contributed by atoms with Gasteiger partial charge in [-0.25, -0.2) is 14.6 Å². The number of nitrogens with zero attached hydrogens (tertiary/aromatic N) is 4. The summed E-state index contributed by atoms with van der Waals surface area (Å²) in [5.41, 5.74) is 4.27. The SMILES string of the molecule is COC(=O)N[C@H](C(=O)NN(Cc1ccc(OC)cc1)C[C@H](O)[C@H](Cc1ccccc1)NC(=O)[C@@H](N1CCN(Cc2cccc(CO)n2)C1=O)C(C)(C)C)C(C)(C)C. The van der Waals surface area contributed by atoms with E-state index in [1.54, 1.807) is 52.3 Å². The molecule has 5 N–H and O–H groups in total. The number of aromatic nitrogens is 1. The van der Waals surface area contributed by atoms with E-state index in [9.17, 15) is 29.4 Å². The highest BCUT2D eigenvalue weighted by Crippen LogP contribution is 2.29. The summed E-state index contributed by atoms with van der Waals surface area (Å²) in [6.45, 7) is 11.8. The Kier molecular flexibility index (Phi) is 15.4. The zero-order valence-electron chi connectivity index (χ0n) is 34.3. The summed E-state index contributed by atoms with van der Waals surface area (Å²) in [6, 6.07) is 18.9. The number of aliphatic hydroxyl groups excluding tert-OH is 2. The van der Waals surface area contributed by atoms with Crippen molar-refractivity contribution in [3.05, 3.63) is 95.3 Å². The van der Waals surface area contributed by atoms with Gasteiger partial charge in [-0.3, -0.25) is 20.0 Å². The topological polar surface area (TPSA) is 186 Å². The molecule has 1 aromatic heterocycles. The summed E-state index contributed by atoms with van der Waals surface area (Å²) < 4.78 is 10.1. The second-order valence-electron chi connectivity index (χ2n) is 16.5. The molecular formula is C42H59N7O8. The lowest BCUT2D eigenvalue weighted by molar-refractivity contribution is -0.133. The van der Waals surface area contributed by atoms with Crippen LogP contribution >= 0.6 is 0 Å². The Balaban J connectivity index is 1.61. The van der Waals surface area contributed by atoms with Gasteiger partial charge < -0.3 is 40.1 Å². The number of ether oxygens (including phenoxy) is 2. The molecule has 0 bridgehead atoms. The lowest BCUT2D eigenvalue weighted by Crippen LogP contribution is -2.61. The molecule has 4 rings (SSSR count). The van der Waals surface area contributed by atoms with Crippen LogP contribution in [-0.2, 0) is 40.4 Å². The van der Waals surface area contributed by atoms with Crippen molar-refractivity contribution in [2.75, 3.05) is 33.9 Å². The molecule has 57 heavy (non-hydrogen) atoms. The number of urea groups is 1. The van der Waals surface area contributed by atoms with Crippen LogP contribution in [0.15, 0.2) is 72.8 Å². The third-order valence-corrected chi connectivity index (χ3v) is 9.76. The molecule has 15 heteroatoms. The molecule has 1 aliphatic rings. The van der Waals surface area contributed by atoms with Gasteiger partial charge in [0.15, 0.2) is 0 Å². The van der Waals surface area contributed by atoms with Gasteiger partial charge in [-0.15, -0.1) is 0 Å². The summed E-state index contributed by atoms with van der Waals surface area (Å²) >= 11 is 0. The smallest absolute Gasteiger partial charge is 0.407 e. The Hall–Kier alpha value is -5.25. The van der Waals surface area contributed by atoms with Gasteiger partial charge in [-0.1, -0.05) is 90.1 Å². The van der Waals surface area contributed by atoms with Crippen molar-refractivity contribution in [2.45, 2.75) is 91.9 Å². The second kappa shape index (κ2) is 19.7. The predicted octanol–water partition coefficient (Wildman–Crippen LogP) is 3.63. The van der Waals surface area contributed by atoms with Crippen LogP contribution in [0.2, 0.25) is 0 Å². The fourth-order valence-corrected chi connectivity index (χ4v) is 6.83. The maximum absolute atomic E-state index is 14.5. The van der Waals surface area contributed by atoms with Crippen LogP contribution in [0, 0.1) is 10.8 Å². The number of hydrazine groups is 1. The van der Waals surface area contributed by atoms with E-state index in [2.05, 4.69) is 21.0 Å². The lowest BCUT2D eigenvalue weighted by Gasteiger charge is -2.38. The summed E-state index contributed by atoms with van der Waals surface area (Å²) in [7, 11) is 2.78. The highest BCUT2D eigenvalue weighted by molar-refractivity contribution is 5.89. The zero-order chi connectivity index (χ0) is 41.9. The molecule has 15 nitrogen and oxygen atoms in total. The Bertz CT molecular complexity index is 1800. The first-order valence-electron chi connectivity index (χ1n) is 19.1. The first kappa shape index (κ1) is 44.5. The number of benzene rings is 2. The van der Waals surface area contributed by atoms with E-state index in [-0.39, 0.29) is 38.7 Å². The number of carbonyl (C=O) groups is 4. The number of pyridine rings is 1. The number of aliphatic hydroxyl groups is 2.